The first-order valence-corrected chi connectivity index (χ1v) is 12.2. The molecular weight excluding hydrogens is 456 g/mol. The van der Waals surface area contributed by atoms with Crippen LogP contribution in [0.1, 0.15) is 51.5 Å². The van der Waals surface area contributed by atoms with Crippen molar-refractivity contribution in [3.8, 4) is 17.2 Å². The summed E-state index contributed by atoms with van der Waals surface area (Å²) in [6.45, 7) is 3.46. The van der Waals surface area contributed by atoms with Crippen LogP contribution in [0.4, 0.5) is 0 Å². The number of hydrogen-bond acceptors (Lipinski definition) is 5. The third kappa shape index (κ3) is 4.15. The highest BCUT2D eigenvalue weighted by Crippen LogP contribution is 2.48. The average Bonchev–Trinajstić information content (AvgIpc) is 2.92. The van der Waals surface area contributed by atoms with E-state index in [2.05, 4.69) is 5.32 Å². The Hall–Kier alpha value is -4.00. The number of methoxy groups -OCH3 is 2. The molecule has 5 rings (SSSR count). The molecule has 2 atom stereocenters. The first-order chi connectivity index (χ1) is 17.5. The normalized spacial score (nSPS) is 18.0. The van der Waals surface area contributed by atoms with Gasteiger partial charge in [0.2, 0.25) is 5.91 Å². The van der Waals surface area contributed by atoms with Crippen molar-refractivity contribution >= 4 is 11.8 Å². The molecule has 7 heteroatoms. The van der Waals surface area contributed by atoms with E-state index in [4.69, 9.17) is 14.2 Å². The average molecular weight is 487 g/mol. The summed E-state index contributed by atoms with van der Waals surface area (Å²) in [6.07, 6.45) is 0.681. The van der Waals surface area contributed by atoms with Gasteiger partial charge in [0.1, 0.15) is 5.75 Å². The predicted molar refractivity (Wildman–Crippen MR) is 136 cm³/mol. The summed E-state index contributed by atoms with van der Waals surface area (Å²) in [6, 6.07) is 18.6. The summed E-state index contributed by atoms with van der Waals surface area (Å²) in [5.74, 6) is 1.29. The third-order valence-electron chi connectivity index (χ3n) is 7.01. The van der Waals surface area contributed by atoms with Crippen molar-refractivity contribution in [3.63, 3.8) is 0 Å². The Kier molecular flexibility index (Phi) is 6.55. The van der Waals surface area contributed by atoms with Gasteiger partial charge in [-0.2, -0.15) is 0 Å². The highest BCUT2D eigenvalue weighted by Gasteiger charge is 2.46. The fourth-order valence-corrected chi connectivity index (χ4v) is 5.31. The molecule has 0 saturated carbocycles. The molecule has 0 saturated heterocycles. The second-order valence-corrected chi connectivity index (χ2v) is 8.96. The van der Waals surface area contributed by atoms with Gasteiger partial charge in [0.05, 0.1) is 32.8 Å². The van der Waals surface area contributed by atoms with E-state index in [1.165, 1.54) is 0 Å². The molecule has 2 aliphatic heterocycles. The van der Waals surface area contributed by atoms with Crippen LogP contribution in [0.2, 0.25) is 0 Å². The second kappa shape index (κ2) is 9.93. The Morgan fingerprint density at radius 3 is 2.44 bits per heavy atom. The van der Waals surface area contributed by atoms with Crippen LogP contribution in [0.25, 0.3) is 0 Å². The molecule has 7 nitrogen and oxygen atoms in total. The van der Waals surface area contributed by atoms with Gasteiger partial charge in [-0.15, -0.1) is 0 Å². The smallest absolute Gasteiger partial charge is 0.254 e. The monoisotopic (exact) mass is 486 g/mol. The van der Waals surface area contributed by atoms with Crippen molar-refractivity contribution in [2.24, 2.45) is 0 Å². The van der Waals surface area contributed by atoms with Crippen molar-refractivity contribution in [2.75, 3.05) is 27.4 Å². The van der Waals surface area contributed by atoms with Crippen molar-refractivity contribution < 1.29 is 23.8 Å². The molecule has 0 bridgehead atoms. The van der Waals surface area contributed by atoms with Gasteiger partial charge in [-0.1, -0.05) is 30.3 Å². The lowest BCUT2D eigenvalue weighted by molar-refractivity contribution is -0.124. The Morgan fingerprint density at radius 1 is 1.00 bits per heavy atom. The van der Waals surface area contributed by atoms with Crippen LogP contribution in [0.5, 0.6) is 17.2 Å². The highest BCUT2D eigenvalue weighted by molar-refractivity contribution is 6.01. The van der Waals surface area contributed by atoms with Gasteiger partial charge in [0.15, 0.2) is 11.5 Å². The van der Waals surface area contributed by atoms with Gasteiger partial charge in [0.25, 0.3) is 5.91 Å². The first kappa shape index (κ1) is 23.7. The summed E-state index contributed by atoms with van der Waals surface area (Å²) in [7, 11) is 3.20. The van der Waals surface area contributed by atoms with Gasteiger partial charge in [-0.25, -0.2) is 0 Å². The maximum absolute atomic E-state index is 13.8. The van der Waals surface area contributed by atoms with Crippen molar-refractivity contribution in [1.82, 2.24) is 10.2 Å². The van der Waals surface area contributed by atoms with Crippen molar-refractivity contribution in [2.45, 2.75) is 31.8 Å². The predicted octanol–water partition coefficient (Wildman–Crippen LogP) is 4.26. The van der Waals surface area contributed by atoms with Crippen LogP contribution in [-0.4, -0.2) is 44.1 Å². The maximum Gasteiger partial charge on any atom is 0.254 e. The van der Waals surface area contributed by atoms with Crippen molar-refractivity contribution in [1.29, 1.82) is 0 Å². The number of carbonyl (C=O) groups is 2. The molecule has 2 heterocycles. The van der Waals surface area contributed by atoms with E-state index in [9.17, 15) is 9.59 Å². The topological polar surface area (TPSA) is 77.1 Å². The molecule has 0 fully saturated rings. The summed E-state index contributed by atoms with van der Waals surface area (Å²) >= 11 is 0. The summed E-state index contributed by atoms with van der Waals surface area (Å²) in [5, 5.41) is 3.12. The fourth-order valence-electron chi connectivity index (χ4n) is 5.31. The molecule has 2 amide bonds. The standard InChI is InChI=1S/C29H30N2O5/c1-4-36-20-11-9-18(10-12-20)17-30-28(32)26-21-7-5-6-8-22(21)29(33)31-14-13-19-15-24(34-2)25(35-3)16-23(19)27(26)31/h5-12,15-16,26-27H,4,13-14,17H2,1-3H3,(H,30,32). The molecule has 3 aromatic rings. The molecule has 2 aliphatic rings. The Balaban J connectivity index is 1.51. The van der Waals surface area contributed by atoms with Crippen LogP contribution in [0, 0.1) is 0 Å². The number of nitrogens with zero attached hydrogens (tertiary/aromatic N) is 1. The van der Waals surface area contributed by atoms with Gasteiger partial charge >= 0.3 is 0 Å². The quantitative estimate of drug-likeness (QED) is 0.540. The maximum atomic E-state index is 13.8. The van der Waals surface area contributed by atoms with E-state index in [-0.39, 0.29) is 11.8 Å². The zero-order valence-corrected chi connectivity index (χ0v) is 20.7. The van der Waals surface area contributed by atoms with Gasteiger partial charge < -0.3 is 24.4 Å². The lowest BCUT2D eigenvalue weighted by Gasteiger charge is -2.45. The van der Waals surface area contributed by atoms with E-state index in [1.807, 2.05) is 72.5 Å². The minimum absolute atomic E-state index is 0.0494. The molecule has 2 unspecified atom stereocenters. The van der Waals surface area contributed by atoms with Crippen LogP contribution >= 0.6 is 0 Å². The highest BCUT2D eigenvalue weighted by atomic mass is 16.5. The van der Waals surface area contributed by atoms with E-state index < -0.39 is 12.0 Å². The molecule has 0 spiro atoms. The Morgan fingerprint density at radius 2 is 1.72 bits per heavy atom. The van der Waals surface area contributed by atoms with Gasteiger partial charge in [-0.05, 0) is 65.9 Å². The van der Waals surface area contributed by atoms with E-state index in [0.29, 0.717) is 43.2 Å². The molecule has 186 valence electrons. The molecule has 0 radical (unpaired) electrons. The van der Waals surface area contributed by atoms with Crippen LogP contribution in [-0.2, 0) is 17.8 Å². The fraction of sp³-hybridized carbons (Fsp3) is 0.310. The van der Waals surface area contributed by atoms with Crippen LogP contribution in [0.15, 0.2) is 60.7 Å². The van der Waals surface area contributed by atoms with Crippen LogP contribution in [0.3, 0.4) is 0 Å². The second-order valence-electron chi connectivity index (χ2n) is 8.96. The summed E-state index contributed by atoms with van der Waals surface area (Å²) < 4.78 is 16.6. The minimum Gasteiger partial charge on any atom is -0.494 e. The zero-order chi connectivity index (χ0) is 25.2. The molecule has 36 heavy (non-hydrogen) atoms. The lowest BCUT2D eigenvalue weighted by Crippen LogP contribution is -2.50. The zero-order valence-electron chi connectivity index (χ0n) is 20.7. The Bertz CT molecular complexity index is 1290. The number of rotatable bonds is 7. The number of ether oxygens (including phenoxy) is 3. The van der Waals surface area contributed by atoms with E-state index in [1.54, 1.807) is 14.2 Å². The first-order valence-electron chi connectivity index (χ1n) is 12.2. The number of fused-ring (bicyclic) bond motifs is 4. The third-order valence-corrected chi connectivity index (χ3v) is 7.01. The van der Waals surface area contributed by atoms with E-state index >= 15 is 0 Å². The number of hydrogen-bond donors (Lipinski definition) is 1. The molecule has 0 aromatic heterocycles. The van der Waals surface area contributed by atoms with E-state index in [0.717, 1.165) is 28.0 Å². The Labute approximate surface area is 211 Å². The van der Waals surface area contributed by atoms with Gasteiger partial charge in [0, 0.05) is 18.7 Å². The molecular formula is C29H30N2O5. The SMILES string of the molecule is CCOc1ccc(CNC(=O)C2c3ccccc3C(=O)N3CCc4cc(OC)c(OC)cc4C23)cc1. The minimum atomic E-state index is -0.557. The van der Waals surface area contributed by atoms with Crippen LogP contribution < -0.4 is 19.5 Å². The summed E-state index contributed by atoms with van der Waals surface area (Å²) in [4.78, 5) is 29.2. The number of amides is 2. The number of nitrogens with one attached hydrogen (secondary N) is 1. The number of carbonyl (C=O) groups excluding carboxylic acids is 2. The molecule has 1 N–H and O–H groups in total. The van der Waals surface area contributed by atoms with Crippen molar-refractivity contribution in [3.05, 3.63) is 88.5 Å². The summed E-state index contributed by atoms with van der Waals surface area (Å²) in [5.41, 5.74) is 4.28. The largest absolute Gasteiger partial charge is 0.494 e. The number of benzene rings is 3. The molecule has 3 aromatic carbocycles. The molecule has 0 aliphatic carbocycles. The lowest BCUT2D eigenvalue weighted by atomic mass is 9.75. The van der Waals surface area contributed by atoms with Gasteiger partial charge in [-0.3, -0.25) is 9.59 Å².